The number of esters is 1. The van der Waals surface area contributed by atoms with Crippen LogP contribution in [-0.4, -0.2) is 41.3 Å². The highest BCUT2D eigenvalue weighted by Crippen LogP contribution is 2.39. The van der Waals surface area contributed by atoms with Crippen LogP contribution >= 0.6 is 39.3 Å². The average molecular weight is 569 g/mol. The minimum Gasteiger partial charge on any atom is -0.490 e. The second-order valence-electron chi connectivity index (χ2n) is 7.11. The third kappa shape index (κ3) is 5.95. The number of benzene rings is 2. The van der Waals surface area contributed by atoms with Gasteiger partial charge in [-0.2, -0.15) is 0 Å². The summed E-state index contributed by atoms with van der Waals surface area (Å²) in [5, 5.41) is 0.0709. The minimum atomic E-state index is -1.01. The van der Waals surface area contributed by atoms with Gasteiger partial charge in [-0.25, -0.2) is 4.79 Å². The van der Waals surface area contributed by atoms with Crippen molar-refractivity contribution in [3.63, 3.8) is 0 Å². The van der Waals surface area contributed by atoms with Crippen LogP contribution in [0.1, 0.15) is 31.9 Å². The van der Waals surface area contributed by atoms with Gasteiger partial charge in [-0.15, -0.1) is 0 Å². The third-order valence-electron chi connectivity index (χ3n) is 4.83. The van der Waals surface area contributed by atoms with Gasteiger partial charge in [-0.1, -0.05) is 45.7 Å². The molecule has 180 valence electrons. The number of ether oxygens (including phenoxy) is 3. The third-order valence-corrected chi connectivity index (χ3v) is 6.77. The Bertz CT molecular complexity index is 1140. The number of carbonyl (C=O) groups excluding carboxylic acids is 3. The molecule has 1 aliphatic heterocycles. The Morgan fingerprint density at radius 3 is 2.53 bits per heavy atom. The van der Waals surface area contributed by atoms with Crippen LogP contribution in [0.25, 0.3) is 6.08 Å². The smallest absolute Gasteiger partial charge is 0.329 e. The quantitative estimate of drug-likeness (QED) is 0.268. The van der Waals surface area contributed by atoms with Crippen LogP contribution in [0.15, 0.2) is 45.8 Å². The van der Waals surface area contributed by atoms with E-state index >= 15 is 0 Å². The number of nitrogens with zero attached hydrogens (tertiary/aromatic N) is 1. The highest BCUT2D eigenvalue weighted by atomic mass is 79.9. The van der Waals surface area contributed by atoms with E-state index in [4.69, 9.17) is 25.8 Å². The van der Waals surface area contributed by atoms with E-state index in [0.717, 1.165) is 22.2 Å². The zero-order valence-electron chi connectivity index (χ0n) is 18.8. The molecule has 0 bridgehead atoms. The van der Waals surface area contributed by atoms with Gasteiger partial charge in [-0.3, -0.25) is 14.5 Å². The Labute approximate surface area is 215 Å². The molecule has 0 saturated carbocycles. The maximum absolute atomic E-state index is 12.9. The second kappa shape index (κ2) is 11.8. The van der Waals surface area contributed by atoms with Gasteiger partial charge in [0.25, 0.3) is 11.1 Å². The first-order valence-electron chi connectivity index (χ1n) is 10.5. The summed E-state index contributed by atoms with van der Waals surface area (Å²) >= 11 is 10.5. The molecule has 1 saturated heterocycles. The molecule has 0 aliphatic carbocycles. The van der Waals surface area contributed by atoms with Gasteiger partial charge in [0, 0.05) is 15.1 Å². The highest BCUT2D eigenvalue weighted by Gasteiger charge is 2.41. The number of hydrogen-bond donors (Lipinski definition) is 0. The molecular weight excluding hydrogens is 546 g/mol. The Morgan fingerprint density at radius 1 is 1.15 bits per heavy atom. The van der Waals surface area contributed by atoms with Crippen molar-refractivity contribution in [2.24, 2.45) is 0 Å². The summed E-state index contributed by atoms with van der Waals surface area (Å²) in [6.45, 7) is 5.78. The molecule has 1 aliphatic rings. The molecule has 0 aromatic heterocycles. The van der Waals surface area contributed by atoms with Crippen LogP contribution < -0.4 is 9.47 Å². The minimum absolute atomic E-state index is 0.160. The first-order valence-corrected chi connectivity index (χ1v) is 12.5. The van der Waals surface area contributed by atoms with Crippen molar-refractivity contribution >= 4 is 62.5 Å². The van der Waals surface area contributed by atoms with E-state index in [-0.39, 0.29) is 18.1 Å². The number of hydrogen-bond acceptors (Lipinski definition) is 7. The molecule has 1 atom stereocenters. The molecule has 3 rings (SSSR count). The van der Waals surface area contributed by atoms with E-state index in [1.807, 2.05) is 25.1 Å². The molecule has 0 unspecified atom stereocenters. The summed E-state index contributed by atoms with van der Waals surface area (Å²) in [6.07, 6.45) is 1.58. The van der Waals surface area contributed by atoms with Gasteiger partial charge < -0.3 is 14.2 Å². The number of amides is 2. The van der Waals surface area contributed by atoms with E-state index in [1.54, 1.807) is 31.2 Å². The van der Waals surface area contributed by atoms with Gasteiger partial charge in [-0.05, 0) is 62.4 Å². The molecule has 2 amide bonds. The predicted octanol–water partition coefficient (Wildman–Crippen LogP) is 6.07. The summed E-state index contributed by atoms with van der Waals surface area (Å²) in [4.78, 5) is 38.5. The van der Waals surface area contributed by atoms with Gasteiger partial charge in [0.2, 0.25) is 0 Å². The Morgan fingerprint density at radius 2 is 1.85 bits per heavy atom. The number of rotatable bonds is 9. The molecule has 2 aromatic rings. The van der Waals surface area contributed by atoms with Crippen LogP contribution in [-0.2, 0) is 20.9 Å². The summed E-state index contributed by atoms with van der Waals surface area (Å²) < 4.78 is 17.3. The van der Waals surface area contributed by atoms with Crippen molar-refractivity contribution < 1.29 is 28.6 Å². The average Bonchev–Trinajstić information content (AvgIpc) is 3.08. The standard InChI is InChI=1S/C24H23BrClNO6S/c1-4-31-19-10-16(17(25)12-20(19)33-13-15-8-6-7-9-18(15)26)11-21-22(28)27(24(30)34-21)14(3)23(29)32-5-2/h6-12,14H,4-5,13H2,1-3H3/b21-11+/t14-/m1/s1. The lowest BCUT2D eigenvalue weighted by molar-refractivity contribution is -0.150. The zero-order chi connectivity index (χ0) is 24.8. The molecule has 10 heteroatoms. The summed E-state index contributed by atoms with van der Waals surface area (Å²) in [6, 6.07) is 9.83. The molecular formula is C24H23BrClNO6S. The van der Waals surface area contributed by atoms with Gasteiger partial charge >= 0.3 is 5.97 Å². The molecule has 7 nitrogen and oxygen atoms in total. The second-order valence-corrected chi connectivity index (χ2v) is 9.37. The lowest BCUT2D eigenvalue weighted by Gasteiger charge is -2.19. The normalized spacial score (nSPS) is 15.6. The lowest BCUT2D eigenvalue weighted by Crippen LogP contribution is -2.42. The Hall–Kier alpha value is -2.49. The van der Waals surface area contributed by atoms with E-state index < -0.39 is 23.2 Å². The van der Waals surface area contributed by atoms with Gasteiger partial charge in [0.15, 0.2) is 11.5 Å². The van der Waals surface area contributed by atoms with E-state index in [0.29, 0.717) is 33.2 Å². The molecule has 2 aromatic carbocycles. The van der Waals surface area contributed by atoms with Crippen molar-refractivity contribution in [2.45, 2.75) is 33.4 Å². The number of imide groups is 1. The van der Waals surface area contributed by atoms with E-state index in [2.05, 4.69) is 15.9 Å². The van der Waals surface area contributed by atoms with Crippen molar-refractivity contribution in [3.05, 3.63) is 61.9 Å². The highest BCUT2D eigenvalue weighted by molar-refractivity contribution is 9.10. The van der Waals surface area contributed by atoms with Crippen molar-refractivity contribution in [1.82, 2.24) is 4.90 Å². The first-order chi connectivity index (χ1) is 16.3. The zero-order valence-corrected chi connectivity index (χ0v) is 22.0. The van der Waals surface area contributed by atoms with E-state index in [9.17, 15) is 14.4 Å². The van der Waals surface area contributed by atoms with Gasteiger partial charge in [0.05, 0.1) is 18.1 Å². The molecule has 0 spiro atoms. The summed E-state index contributed by atoms with van der Waals surface area (Å²) in [7, 11) is 0. The van der Waals surface area contributed by atoms with Crippen molar-refractivity contribution in [3.8, 4) is 11.5 Å². The van der Waals surface area contributed by atoms with Gasteiger partial charge in [0.1, 0.15) is 12.6 Å². The molecule has 0 radical (unpaired) electrons. The number of halogens is 2. The molecule has 0 N–H and O–H groups in total. The maximum atomic E-state index is 12.9. The van der Waals surface area contributed by atoms with Crippen LogP contribution in [0, 0.1) is 0 Å². The molecule has 34 heavy (non-hydrogen) atoms. The van der Waals surface area contributed by atoms with Crippen LogP contribution in [0.2, 0.25) is 5.02 Å². The topological polar surface area (TPSA) is 82.1 Å². The Kier molecular flexibility index (Phi) is 9.04. The van der Waals surface area contributed by atoms with Crippen LogP contribution in [0.3, 0.4) is 0 Å². The Balaban J connectivity index is 1.86. The van der Waals surface area contributed by atoms with E-state index in [1.165, 1.54) is 6.92 Å². The van der Waals surface area contributed by atoms with Crippen molar-refractivity contribution in [1.29, 1.82) is 0 Å². The summed E-state index contributed by atoms with van der Waals surface area (Å²) in [5.41, 5.74) is 1.44. The fourth-order valence-corrected chi connectivity index (χ4v) is 4.66. The largest absolute Gasteiger partial charge is 0.490 e. The maximum Gasteiger partial charge on any atom is 0.329 e. The lowest BCUT2D eigenvalue weighted by atomic mass is 10.1. The predicted molar refractivity (Wildman–Crippen MR) is 135 cm³/mol. The fraction of sp³-hybridized carbons (Fsp3) is 0.292. The number of thioether (sulfide) groups is 1. The van der Waals surface area contributed by atoms with Crippen LogP contribution in [0.4, 0.5) is 4.79 Å². The fourth-order valence-electron chi connectivity index (χ4n) is 3.14. The SMILES string of the molecule is CCOC(=O)[C@@H](C)N1C(=O)S/C(=C/c2cc(OCC)c(OCc3ccccc3Cl)cc2Br)C1=O. The monoisotopic (exact) mass is 567 g/mol. The molecule has 1 fully saturated rings. The first kappa shape index (κ1) is 26.1. The van der Waals surface area contributed by atoms with Crippen LogP contribution in [0.5, 0.6) is 11.5 Å². The number of carbonyl (C=O) groups is 3. The molecule has 1 heterocycles. The van der Waals surface area contributed by atoms with Crippen molar-refractivity contribution in [2.75, 3.05) is 13.2 Å². The summed E-state index contributed by atoms with van der Waals surface area (Å²) in [5.74, 6) is -0.219.